The minimum absolute atomic E-state index is 0.149. The Hall–Kier alpha value is -1.78. The van der Waals surface area contributed by atoms with Crippen LogP contribution in [0.5, 0.6) is 0 Å². The van der Waals surface area contributed by atoms with Crippen LogP contribution in [0.4, 0.5) is 16.3 Å². The minimum atomic E-state index is -0.149. The largest absolute Gasteiger partial charge is 0.370 e. The number of nitrogens with zero attached hydrogens (tertiary/aromatic N) is 1. The first kappa shape index (κ1) is 11.7. The lowest BCUT2D eigenvalue weighted by atomic mass is 10.4. The van der Waals surface area contributed by atoms with E-state index in [0.717, 1.165) is 31.6 Å². The SMILES string of the molecule is CCCNc1ccc(NC(=O)NC2CC2)cn1. The van der Waals surface area contributed by atoms with Gasteiger partial charge in [-0.15, -0.1) is 0 Å². The molecule has 1 saturated carbocycles. The lowest BCUT2D eigenvalue weighted by Gasteiger charge is -2.07. The van der Waals surface area contributed by atoms with E-state index in [1.165, 1.54) is 0 Å². The van der Waals surface area contributed by atoms with Crippen molar-refractivity contribution >= 4 is 17.5 Å². The molecule has 2 rings (SSSR count). The van der Waals surface area contributed by atoms with Crippen LogP contribution in [0.15, 0.2) is 18.3 Å². The number of rotatable bonds is 5. The number of carbonyl (C=O) groups is 1. The predicted molar refractivity (Wildman–Crippen MR) is 68.2 cm³/mol. The molecule has 0 saturated heterocycles. The fourth-order valence-electron chi connectivity index (χ4n) is 1.41. The summed E-state index contributed by atoms with van der Waals surface area (Å²) in [6.07, 6.45) is 4.90. The summed E-state index contributed by atoms with van der Waals surface area (Å²) >= 11 is 0. The summed E-state index contributed by atoms with van der Waals surface area (Å²) in [7, 11) is 0. The number of aromatic nitrogens is 1. The van der Waals surface area contributed by atoms with Crippen LogP contribution in [0.25, 0.3) is 0 Å². The van der Waals surface area contributed by atoms with E-state index in [1.54, 1.807) is 6.20 Å². The lowest BCUT2D eigenvalue weighted by molar-refractivity contribution is 0.251. The van der Waals surface area contributed by atoms with Gasteiger partial charge in [0, 0.05) is 12.6 Å². The molecule has 1 fully saturated rings. The topological polar surface area (TPSA) is 66.0 Å². The Balaban J connectivity index is 1.81. The summed E-state index contributed by atoms with van der Waals surface area (Å²) < 4.78 is 0. The minimum Gasteiger partial charge on any atom is -0.370 e. The van der Waals surface area contributed by atoms with Gasteiger partial charge in [0.1, 0.15) is 5.82 Å². The van der Waals surface area contributed by atoms with Gasteiger partial charge >= 0.3 is 6.03 Å². The first-order valence-corrected chi connectivity index (χ1v) is 6.05. The second kappa shape index (κ2) is 5.52. The first-order chi connectivity index (χ1) is 8.28. The van der Waals surface area contributed by atoms with Crippen LogP contribution >= 0.6 is 0 Å². The quantitative estimate of drug-likeness (QED) is 0.731. The van der Waals surface area contributed by atoms with Crippen molar-refractivity contribution in [2.45, 2.75) is 32.2 Å². The smallest absolute Gasteiger partial charge is 0.319 e. The number of hydrogen-bond donors (Lipinski definition) is 3. The summed E-state index contributed by atoms with van der Waals surface area (Å²) in [5.74, 6) is 0.833. The lowest BCUT2D eigenvalue weighted by Crippen LogP contribution is -2.30. The summed E-state index contributed by atoms with van der Waals surface area (Å²) in [4.78, 5) is 15.7. The number of urea groups is 1. The van der Waals surface area contributed by atoms with Gasteiger partial charge in [0.25, 0.3) is 0 Å². The maximum atomic E-state index is 11.5. The molecule has 0 spiro atoms. The molecule has 1 aliphatic rings. The summed E-state index contributed by atoms with van der Waals surface area (Å²) in [5, 5.41) is 8.79. The molecule has 0 aromatic carbocycles. The molecule has 5 nitrogen and oxygen atoms in total. The molecular weight excluding hydrogens is 216 g/mol. The fraction of sp³-hybridized carbons (Fsp3) is 0.500. The standard InChI is InChI=1S/C12H18N4O/c1-2-7-13-11-6-5-10(8-14-11)16-12(17)15-9-3-4-9/h5-6,8-9H,2-4,7H2,1H3,(H,13,14)(H2,15,16,17). The summed E-state index contributed by atoms with van der Waals surface area (Å²) in [6, 6.07) is 3.93. The van der Waals surface area contributed by atoms with Crippen molar-refractivity contribution in [2.24, 2.45) is 0 Å². The molecule has 3 N–H and O–H groups in total. The molecular formula is C12H18N4O. The van der Waals surface area contributed by atoms with Gasteiger partial charge in [-0.25, -0.2) is 9.78 Å². The highest BCUT2D eigenvalue weighted by Gasteiger charge is 2.23. The van der Waals surface area contributed by atoms with Crippen LogP contribution in [0.2, 0.25) is 0 Å². The zero-order valence-corrected chi connectivity index (χ0v) is 9.99. The molecule has 1 heterocycles. The van der Waals surface area contributed by atoms with Gasteiger partial charge in [0.15, 0.2) is 0 Å². The first-order valence-electron chi connectivity index (χ1n) is 6.05. The van der Waals surface area contributed by atoms with Crippen molar-refractivity contribution in [3.8, 4) is 0 Å². The van der Waals surface area contributed by atoms with Gasteiger partial charge in [-0.3, -0.25) is 0 Å². The molecule has 1 aromatic heterocycles. The van der Waals surface area contributed by atoms with E-state index in [1.807, 2.05) is 12.1 Å². The Morgan fingerprint density at radius 1 is 1.47 bits per heavy atom. The molecule has 92 valence electrons. The van der Waals surface area contributed by atoms with E-state index in [2.05, 4.69) is 27.9 Å². The number of hydrogen-bond acceptors (Lipinski definition) is 3. The molecule has 0 unspecified atom stereocenters. The van der Waals surface area contributed by atoms with Crippen molar-refractivity contribution < 1.29 is 4.79 Å². The van der Waals surface area contributed by atoms with E-state index < -0.39 is 0 Å². The third-order valence-corrected chi connectivity index (χ3v) is 2.49. The van der Waals surface area contributed by atoms with Crippen molar-refractivity contribution in [1.29, 1.82) is 0 Å². The van der Waals surface area contributed by atoms with E-state index in [4.69, 9.17) is 0 Å². The highest BCUT2D eigenvalue weighted by molar-refractivity contribution is 5.89. The molecule has 5 heteroatoms. The summed E-state index contributed by atoms with van der Waals surface area (Å²) in [6.45, 7) is 3.01. The van der Waals surface area contributed by atoms with Crippen molar-refractivity contribution in [3.63, 3.8) is 0 Å². The monoisotopic (exact) mass is 234 g/mol. The van der Waals surface area contributed by atoms with E-state index in [-0.39, 0.29) is 6.03 Å². The molecule has 0 aliphatic heterocycles. The fourth-order valence-corrected chi connectivity index (χ4v) is 1.41. The van der Waals surface area contributed by atoms with E-state index in [0.29, 0.717) is 11.7 Å². The third kappa shape index (κ3) is 3.94. The third-order valence-electron chi connectivity index (χ3n) is 2.49. The van der Waals surface area contributed by atoms with Gasteiger partial charge in [-0.2, -0.15) is 0 Å². The molecule has 0 radical (unpaired) electrons. The number of nitrogens with one attached hydrogen (secondary N) is 3. The van der Waals surface area contributed by atoms with Crippen LogP contribution in [0.3, 0.4) is 0 Å². The number of amides is 2. The number of carbonyl (C=O) groups excluding carboxylic acids is 1. The Morgan fingerprint density at radius 3 is 2.88 bits per heavy atom. The Morgan fingerprint density at radius 2 is 2.29 bits per heavy atom. The predicted octanol–water partition coefficient (Wildman–Crippen LogP) is 2.19. The Bertz CT molecular complexity index is 373. The van der Waals surface area contributed by atoms with Crippen molar-refractivity contribution in [2.75, 3.05) is 17.2 Å². The second-order valence-corrected chi connectivity index (χ2v) is 4.23. The Kier molecular flexibility index (Phi) is 3.80. The van der Waals surface area contributed by atoms with Gasteiger partial charge in [0.2, 0.25) is 0 Å². The van der Waals surface area contributed by atoms with E-state index >= 15 is 0 Å². The zero-order valence-electron chi connectivity index (χ0n) is 9.99. The maximum absolute atomic E-state index is 11.5. The van der Waals surface area contributed by atoms with Crippen LogP contribution in [-0.4, -0.2) is 23.6 Å². The molecule has 1 aliphatic carbocycles. The van der Waals surface area contributed by atoms with Crippen LogP contribution < -0.4 is 16.0 Å². The summed E-state index contributed by atoms with van der Waals surface area (Å²) in [5.41, 5.74) is 0.713. The normalized spacial score (nSPS) is 14.2. The molecule has 1 aromatic rings. The highest BCUT2D eigenvalue weighted by atomic mass is 16.2. The van der Waals surface area contributed by atoms with Crippen molar-refractivity contribution in [1.82, 2.24) is 10.3 Å². The molecule has 2 amide bonds. The molecule has 17 heavy (non-hydrogen) atoms. The van der Waals surface area contributed by atoms with Gasteiger partial charge in [0.05, 0.1) is 11.9 Å². The zero-order chi connectivity index (χ0) is 12.1. The van der Waals surface area contributed by atoms with Gasteiger partial charge in [-0.1, -0.05) is 6.92 Å². The van der Waals surface area contributed by atoms with Gasteiger partial charge in [-0.05, 0) is 31.4 Å². The average Bonchev–Trinajstić information content (AvgIpc) is 3.12. The van der Waals surface area contributed by atoms with Gasteiger partial charge < -0.3 is 16.0 Å². The number of pyridine rings is 1. The molecule has 0 atom stereocenters. The molecule has 0 bridgehead atoms. The Labute approximate surface area is 101 Å². The number of anilines is 2. The van der Waals surface area contributed by atoms with Crippen LogP contribution in [0.1, 0.15) is 26.2 Å². The van der Waals surface area contributed by atoms with Crippen LogP contribution in [0, 0.1) is 0 Å². The van der Waals surface area contributed by atoms with E-state index in [9.17, 15) is 4.79 Å². The second-order valence-electron chi connectivity index (χ2n) is 4.23. The maximum Gasteiger partial charge on any atom is 0.319 e. The van der Waals surface area contributed by atoms with Crippen LogP contribution in [-0.2, 0) is 0 Å². The average molecular weight is 234 g/mol. The van der Waals surface area contributed by atoms with Crippen molar-refractivity contribution in [3.05, 3.63) is 18.3 Å². The highest BCUT2D eigenvalue weighted by Crippen LogP contribution is 2.18.